The van der Waals surface area contributed by atoms with Gasteiger partial charge in [0.1, 0.15) is 12.0 Å². The topological polar surface area (TPSA) is 89.8 Å². The predicted octanol–water partition coefficient (Wildman–Crippen LogP) is 3.85. The molecule has 1 saturated carbocycles. The van der Waals surface area contributed by atoms with Gasteiger partial charge in [0.2, 0.25) is 5.88 Å². The van der Waals surface area contributed by atoms with Gasteiger partial charge in [-0.15, -0.1) is 0 Å². The number of aromatic nitrogens is 3. The Kier molecular flexibility index (Phi) is 4.44. The predicted molar refractivity (Wildman–Crippen MR) is 99.3 cm³/mol. The van der Waals surface area contributed by atoms with E-state index in [-0.39, 0.29) is 12.0 Å². The molecule has 0 saturated heterocycles. The number of anilines is 1. The Labute approximate surface area is 152 Å². The second kappa shape index (κ2) is 7.04. The number of rotatable bonds is 4. The monoisotopic (exact) mass is 347 g/mol. The van der Waals surface area contributed by atoms with Crippen molar-refractivity contribution >= 4 is 16.7 Å². The van der Waals surface area contributed by atoms with Crippen LogP contribution in [-0.2, 0) is 6.61 Å². The van der Waals surface area contributed by atoms with Crippen LogP contribution in [0.25, 0.3) is 10.9 Å². The molecule has 4 rings (SSSR count). The molecule has 0 amide bonds. The highest BCUT2D eigenvalue weighted by Gasteiger charge is 2.29. The Morgan fingerprint density at radius 3 is 2.81 bits per heavy atom. The molecule has 26 heavy (non-hydrogen) atoms. The van der Waals surface area contributed by atoms with Crippen LogP contribution in [0.3, 0.4) is 0 Å². The minimum atomic E-state index is -0.0342. The first-order chi connectivity index (χ1) is 12.8. The van der Waals surface area contributed by atoms with Crippen LogP contribution in [0.4, 0.5) is 5.82 Å². The van der Waals surface area contributed by atoms with Gasteiger partial charge in [-0.25, -0.2) is 4.98 Å². The zero-order valence-corrected chi connectivity index (χ0v) is 14.5. The second-order valence-corrected chi connectivity index (χ2v) is 6.70. The van der Waals surface area contributed by atoms with E-state index in [1.807, 2.05) is 41.1 Å². The van der Waals surface area contributed by atoms with Gasteiger partial charge in [-0.3, -0.25) is 4.68 Å². The van der Waals surface area contributed by atoms with Crippen molar-refractivity contribution in [3.05, 3.63) is 48.2 Å². The van der Waals surface area contributed by atoms with Gasteiger partial charge in [-0.2, -0.15) is 10.4 Å². The molecule has 0 bridgehead atoms. The van der Waals surface area contributed by atoms with Gasteiger partial charge in [0.15, 0.2) is 5.82 Å². The molecule has 132 valence electrons. The van der Waals surface area contributed by atoms with E-state index >= 15 is 0 Å². The van der Waals surface area contributed by atoms with Crippen LogP contribution < -0.4 is 10.5 Å². The first-order valence-electron chi connectivity index (χ1n) is 8.97. The minimum Gasteiger partial charge on any atom is -0.472 e. The number of nitrogens with zero attached hydrogens (tertiary/aromatic N) is 4. The largest absolute Gasteiger partial charge is 0.472 e. The number of hydrogen-bond acceptors (Lipinski definition) is 5. The molecule has 1 aliphatic rings. The Hall–Kier alpha value is -3.07. The van der Waals surface area contributed by atoms with Crippen molar-refractivity contribution in [2.45, 2.75) is 38.3 Å². The molecule has 2 N–H and O–H groups in total. The van der Waals surface area contributed by atoms with Crippen LogP contribution in [0, 0.1) is 17.2 Å². The number of hydrogen-bond donors (Lipinski definition) is 1. The van der Waals surface area contributed by atoms with E-state index in [9.17, 15) is 5.26 Å². The SMILES string of the molecule is N#CC1CCCC[C@@H]1n1nc(N)c2c(OCc3ccccc3)nccc21. The van der Waals surface area contributed by atoms with Gasteiger partial charge >= 0.3 is 0 Å². The van der Waals surface area contributed by atoms with Crippen LogP contribution >= 0.6 is 0 Å². The van der Waals surface area contributed by atoms with E-state index in [2.05, 4.69) is 16.2 Å². The average molecular weight is 347 g/mol. The van der Waals surface area contributed by atoms with Crippen molar-refractivity contribution < 1.29 is 4.74 Å². The van der Waals surface area contributed by atoms with Gasteiger partial charge in [0.25, 0.3) is 0 Å². The summed E-state index contributed by atoms with van der Waals surface area (Å²) in [6, 6.07) is 14.3. The summed E-state index contributed by atoms with van der Waals surface area (Å²) in [6.45, 7) is 0.418. The molecule has 0 aliphatic heterocycles. The first kappa shape index (κ1) is 16.4. The fraction of sp³-hybridized carbons (Fsp3) is 0.350. The van der Waals surface area contributed by atoms with E-state index in [1.54, 1.807) is 6.20 Å². The molecule has 1 fully saturated rings. The molecule has 0 radical (unpaired) electrons. The summed E-state index contributed by atoms with van der Waals surface area (Å²) in [5.74, 6) is 0.853. The van der Waals surface area contributed by atoms with Crippen molar-refractivity contribution in [3.63, 3.8) is 0 Å². The van der Waals surface area contributed by atoms with E-state index in [1.165, 1.54) is 0 Å². The van der Waals surface area contributed by atoms with E-state index in [0.717, 1.165) is 42.1 Å². The quantitative estimate of drug-likeness (QED) is 0.774. The second-order valence-electron chi connectivity index (χ2n) is 6.70. The fourth-order valence-electron chi connectivity index (χ4n) is 3.73. The van der Waals surface area contributed by atoms with Gasteiger partial charge in [-0.05, 0) is 24.5 Å². The molecule has 2 heterocycles. The Morgan fingerprint density at radius 2 is 2.00 bits per heavy atom. The highest BCUT2D eigenvalue weighted by molar-refractivity contribution is 5.93. The summed E-state index contributed by atoms with van der Waals surface area (Å²) in [4.78, 5) is 4.36. The summed E-state index contributed by atoms with van der Waals surface area (Å²) < 4.78 is 7.84. The molecule has 6 heteroatoms. The molecule has 1 aliphatic carbocycles. The smallest absolute Gasteiger partial charge is 0.227 e. The number of pyridine rings is 1. The van der Waals surface area contributed by atoms with E-state index in [4.69, 9.17) is 10.5 Å². The van der Waals surface area contributed by atoms with Crippen molar-refractivity contribution in [2.75, 3.05) is 5.73 Å². The lowest BCUT2D eigenvalue weighted by Gasteiger charge is -2.27. The normalized spacial score (nSPS) is 20.0. The fourth-order valence-corrected chi connectivity index (χ4v) is 3.73. The Morgan fingerprint density at radius 1 is 1.19 bits per heavy atom. The van der Waals surface area contributed by atoms with Crippen molar-refractivity contribution in [1.29, 1.82) is 5.26 Å². The number of nitrogens with two attached hydrogens (primary N) is 1. The van der Waals surface area contributed by atoms with Gasteiger partial charge in [0, 0.05) is 6.20 Å². The zero-order valence-electron chi connectivity index (χ0n) is 14.5. The van der Waals surface area contributed by atoms with Gasteiger partial charge in [-0.1, -0.05) is 43.2 Å². The van der Waals surface area contributed by atoms with E-state index < -0.39 is 0 Å². The van der Waals surface area contributed by atoms with Crippen LogP contribution in [0.5, 0.6) is 5.88 Å². The van der Waals surface area contributed by atoms with Crippen molar-refractivity contribution in [2.24, 2.45) is 5.92 Å². The average Bonchev–Trinajstić information content (AvgIpc) is 3.04. The van der Waals surface area contributed by atoms with Crippen LogP contribution in [0.2, 0.25) is 0 Å². The molecule has 2 aromatic heterocycles. The van der Waals surface area contributed by atoms with Crippen molar-refractivity contribution in [1.82, 2.24) is 14.8 Å². The van der Waals surface area contributed by atoms with Crippen LogP contribution in [0.15, 0.2) is 42.6 Å². The van der Waals surface area contributed by atoms with Gasteiger partial charge < -0.3 is 10.5 Å². The third kappa shape index (κ3) is 2.97. The summed E-state index contributed by atoms with van der Waals surface area (Å²) in [5.41, 5.74) is 8.15. The Bertz CT molecular complexity index is 944. The summed E-state index contributed by atoms with van der Waals surface area (Å²) in [6.07, 6.45) is 5.76. The molecule has 6 nitrogen and oxygen atoms in total. The number of ether oxygens (including phenoxy) is 1. The zero-order chi connectivity index (χ0) is 17.9. The maximum atomic E-state index is 9.51. The van der Waals surface area contributed by atoms with Crippen molar-refractivity contribution in [3.8, 4) is 11.9 Å². The highest BCUT2D eigenvalue weighted by Crippen LogP contribution is 2.38. The third-order valence-corrected chi connectivity index (χ3v) is 5.04. The lowest BCUT2D eigenvalue weighted by atomic mass is 9.85. The molecule has 1 unspecified atom stereocenters. The lowest BCUT2D eigenvalue weighted by molar-refractivity contribution is 0.277. The molecule has 2 atom stereocenters. The van der Waals surface area contributed by atoms with Crippen LogP contribution in [0.1, 0.15) is 37.3 Å². The molecular formula is C20H21N5O. The molecule has 3 aromatic rings. The standard InChI is InChI=1S/C20H21N5O/c21-12-15-8-4-5-9-16(15)25-17-10-11-23-20(18(17)19(22)24-25)26-13-14-6-2-1-3-7-14/h1-3,6-7,10-11,15-16H,4-5,8-9,13H2,(H2,22,24)/t15?,16-/m0/s1. The lowest BCUT2D eigenvalue weighted by Crippen LogP contribution is -2.23. The number of nitriles is 1. The highest BCUT2D eigenvalue weighted by atomic mass is 16.5. The Balaban J connectivity index is 1.69. The summed E-state index contributed by atoms with van der Waals surface area (Å²) in [5, 5.41) is 14.8. The summed E-state index contributed by atoms with van der Waals surface area (Å²) >= 11 is 0. The maximum absolute atomic E-state index is 9.51. The van der Waals surface area contributed by atoms with Crippen LogP contribution in [-0.4, -0.2) is 14.8 Å². The van der Waals surface area contributed by atoms with E-state index in [0.29, 0.717) is 18.3 Å². The minimum absolute atomic E-state index is 0.0342. The number of nitrogen functional groups attached to an aromatic ring is 1. The van der Waals surface area contributed by atoms with Gasteiger partial charge in [0.05, 0.1) is 23.5 Å². The number of fused-ring (bicyclic) bond motifs is 1. The molecule has 1 aromatic carbocycles. The third-order valence-electron chi connectivity index (χ3n) is 5.04. The maximum Gasteiger partial charge on any atom is 0.227 e. The number of benzene rings is 1. The molecular weight excluding hydrogens is 326 g/mol. The molecule has 0 spiro atoms. The first-order valence-corrected chi connectivity index (χ1v) is 8.97. The summed E-state index contributed by atoms with van der Waals surface area (Å²) in [7, 11) is 0.